The molecule has 2 unspecified atom stereocenters. The van der Waals surface area contributed by atoms with Gasteiger partial charge in [0.2, 0.25) is 0 Å². The summed E-state index contributed by atoms with van der Waals surface area (Å²) in [5.41, 5.74) is 5.47. The average molecular weight is 500 g/mol. The highest BCUT2D eigenvalue weighted by molar-refractivity contribution is 5.75. The third-order valence-corrected chi connectivity index (χ3v) is 7.40. The van der Waals surface area contributed by atoms with Crippen molar-refractivity contribution in [3.8, 4) is 11.5 Å². The molecule has 0 radical (unpaired) electrons. The van der Waals surface area contributed by atoms with Crippen LogP contribution in [0, 0.1) is 11.7 Å². The number of hydrogen-bond acceptors (Lipinski definition) is 5. The number of likely N-dealkylation sites (tertiary alicyclic amines) is 2. The number of ether oxygens (including phenoxy) is 2. The zero-order valence-corrected chi connectivity index (χ0v) is 21.1. The topological polar surface area (TPSA) is 88.3 Å². The van der Waals surface area contributed by atoms with Crippen LogP contribution in [0.1, 0.15) is 44.1 Å². The minimum absolute atomic E-state index is 0.00122. The van der Waals surface area contributed by atoms with E-state index in [1.807, 2.05) is 28.0 Å². The summed E-state index contributed by atoms with van der Waals surface area (Å²) in [6, 6.07) is 13.4. The van der Waals surface area contributed by atoms with E-state index >= 15 is 0 Å². The molecule has 3 atom stereocenters. The molecule has 2 saturated heterocycles. The zero-order chi connectivity index (χ0) is 25.5. The Morgan fingerprint density at radius 3 is 2.67 bits per heavy atom. The highest BCUT2D eigenvalue weighted by Crippen LogP contribution is 2.44. The van der Waals surface area contributed by atoms with Gasteiger partial charge in [0.25, 0.3) is 0 Å². The van der Waals surface area contributed by atoms with Crippen molar-refractivity contribution in [1.29, 1.82) is 0 Å². The van der Waals surface area contributed by atoms with Gasteiger partial charge in [-0.2, -0.15) is 0 Å². The third-order valence-electron chi connectivity index (χ3n) is 7.40. The van der Waals surface area contributed by atoms with Crippen molar-refractivity contribution in [2.45, 2.75) is 50.2 Å². The lowest BCUT2D eigenvalue weighted by molar-refractivity contribution is -0.0586. The summed E-state index contributed by atoms with van der Waals surface area (Å²) in [4.78, 5) is 16.9. The van der Waals surface area contributed by atoms with Crippen LogP contribution >= 0.6 is 0 Å². The smallest absolute Gasteiger partial charge is 0.320 e. The number of aliphatic hydroxyl groups is 1. The second-order valence-corrected chi connectivity index (χ2v) is 9.99. The molecule has 2 aliphatic heterocycles. The molecule has 2 heterocycles. The van der Waals surface area contributed by atoms with Crippen molar-refractivity contribution >= 4 is 6.03 Å². The Labute approximate surface area is 213 Å². The molecule has 2 aromatic rings. The van der Waals surface area contributed by atoms with Gasteiger partial charge in [-0.1, -0.05) is 24.3 Å². The van der Waals surface area contributed by atoms with Crippen molar-refractivity contribution in [2.24, 2.45) is 11.7 Å². The number of urea groups is 1. The van der Waals surface area contributed by atoms with Gasteiger partial charge >= 0.3 is 6.03 Å². The number of carbonyl (C=O) groups is 1. The standard InChI is InChI=1S/C28H38FN3O4/c1-35-17-5-4-14-28(34,21-8-7-15-31(19-21)27(33)32-16-13-23(30)20-32)25-11-2-3-12-26(25)36-24-10-6-9-22(29)18-24/h2-3,6,9-12,18,21,23,34H,4-5,7-8,13-17,19-20,30H2,1H3/t21?,23?,28-/m0/s1. The van der Waals surface area contributed by atoms with Gasteiger partial charge in [0.15, 0.2) is 0 Å². The molecule has 0 saturated carbocycles. The van der Waals surface area contributed by atoms with E-state index in [-0.39, 0.29) is 23.8 Å². The first-order valence-corrected chi connectivity index (χ1v) is 12.9. The van der Waals surface area contributed by atoms with Crippen molar-refractivity contribution in [3.63, 3.8) is 0 Å². The summed E-state index contributed by atoms with van der Waals surface area (Å²) >= 11 is 0. The number of halogens is 1. The Morgan fingerprint density at radius 2 is 1.92 bits per heavy atom. The van der Waals surface area contributed by atoms with Crippen LogP contribution in [-0.4, -0.2) is 66.9 Å². The number of nitrogens with zero attached hydrogens (tertiary/aromatic N) is 2. The average Bonchev–Trinajstić information content (AvgIpc) is 3.32. The van der Waals surface area contributed by atoms with E-state index in [4.69, 9.17) is 15.2 Å². The molecular weight excluding hydrogens is 461 g/mol. The number of hydrogen-bond donors (Lipinski definition) is 2. The van der Waals surface area contributed by atoms with Crippen LogP contribution in [0.5, 0.6) is 11.5 Å². The summed E-state index contributed by atoms with van der Waals surface area (Å²) < 4.78 is 25.1. The maximum Gasteiger partial charge on any atom is 0.320 e. The molecule has 0 bridgehead atoms. The molecule has 2 fully saturated rings. The molecule has 0 spiro atoms. The molecule has 8 heteroatoms. The van der Waals surface area contributed by atoms with E-state index in [0.29, 0.717) is 56.3 Å². The van der Waals surface area contributed by atoms with E-state index in [0.717, 1.165) is 32.1 Å². The summed E-state index contributed by atoms with van der Waals surface area (Å²) in [5.74, 6) is 0.301. The zero-order valence-electron chi connectivity index (χ0n) is 21.1. The lowest BCUT2D eigenvalue weighted by Crippen LogP contribution is -2.51. The molecule has 4 rings (SSSR count). The minimum atomic E-state index is -1.22. The van der Waals surface area contributed by atoms with Gasteiger partial charge in [-0.05, 0) is 56.7 Å². The first kappa shape index (κ1) is 26.4. The minimum Gasteiger partial charge on any atom is -0.457 e. The fourth-order valence-electron chi connectivity index (χ4n) is 5.47. The van der Waals surface area contributed by atoms with Gasteiger partial charge in [-0.15, -0.1) is 0 Å². The molecule has 2 aromatic carbocycles. The van der Waals surface area contributed by atoms with Crippen LogP contribution in [0.25, 0.3) is 0 Å². The first-order chi connectivity index (χ1) is 17.4. The van der Waals surface area contributed by atoms with Gasteiger partial charge in [0.1, 0.15) is 17.3 Å². The normalized spacial score (nSPS) is 21.9. The fraction of sp³-hybridized carbons (Fsp3) is 0.536. The van der Waals surface area contributed by atoms with Crippen molar-refractivity contribution in [3.05, 3.63) is 59.9 Å². The molecule has 2 amide bonds. The maximum atomic E-state index is 13.8. The Kier molecular flexibility index (Phi) is 8.82. The largest absolute Gasteiger partial charge is 0.457 e. The molecule has 7 nitrogen and oxygen atoms in total. The third kappa shape index (κ3) is 6.17. The SMILES string of the molecule is COCCCC[C@@](O)(c1ccccc1Oc1cccc(F)c1)C1CCCN(C(=O)N2CCC(N)C2)C1. The maximum absolute atomic E-state index is 13.8. The summed E-state index contributed by atoms with van der Waals surface area (Å²) in [6.07, 6.45) is 4.48. The van der Waals surface area contributed by atoms with Crippen LogP contribution < -0.4 is 10.5 Å². The van der Waals surface area contributed by atoms with Crippen LogP contribution in [0.2, 0.25) is 0 Å². The number of rotatable bonds is 9. The van der Waals surface area contributed by atoms with Gasteiger partial charge < -0.3 is 30.1 Å². The molecule has 36 heavy (non-hydrogen) atoms. The molecule has 2 aliphatic rings. The Morgan fingerprint density at radius 1 is 1.11 bits per heavy atom. The molecule has 0 aliphatic carbocycles. The van der Waals surface area contributed by atoms with Crippen LogP contribution in [0.3, 0.4) is 0 Å². The van der Waals surface area contributed by atoms with E-state index in [1.165, 1.54) is 12.1 Å². The lowest BCUT2D eigenvalue weighted by Gasteiger charge is -2.44. The predicted molar refractivity (Wildman–Crippen MR) is 136 cm³/mol. The summed E-state index contributed by atoms with van der Waals surface area (Å²) in [7, 11) is 1.67. The second kappa shape index (κ2) is 12.0. The Bertz CT molecular complexity index is 1020. The number of carbonyl (C=O) groups excluding carboxylic acids is 1. The van der Waals surface area contributed by atoms with Crippen LogP contribution in [-0.2, 0) is 10.3 Å². The summed E-state index contributed by atoms with van der Waals surface area (Å²) in [5, 5.41) is 12.4. The van der Waals surface area contributed by atoms with Gasteiger partial charge in [0, 0.05) is 63.5 Å². The fourth-order valence-corrected chi connectivity index (χ4v) is 5.47. The highest BCUT2D eigenvalue weighted by Gasteiger charge is 2.43. The monoisotopic (exact) mass is 499 g/mol. The number of methoxy groups -OCH3 is 1. The molecule has 196 valence electrons. The van der Waals surface area contributed by atoms with E-state index < -0.39 is 5.60 Å². The quantitative estimate of drug-likeness (QED) is 0.497. The Hall–Kier alpha value is -2.68. The first-order valence-electron chi connectivity index (χ1n) is 12.9. The number of para-hydroxylation sites is 1. The molecular formula is C28H38FN3O4. The molecule has 3 N–H and O–H groups in total. The molecule has 0 aromatic heterocycles. The van der Waals surface area contributed by atoms with E-state index in [9.17, 15) is 14.3 Å². The number of piperidine rings is 1. The Balaban J connectivity index is 1.60. The number of unbranched alkanes of at least 4 members (excludes halogenated alkanes) is 1. The van der Waals surface area contributed by atoms with Gasteiger partial charge in [0.05, 0.1) is 5.60 Å². The summed E-state index contributed by atoms with van der Waals surface area (Å²) in [6.45, 7) is 2.99. The van der Waals surface area contributed by atoms with Crippen molar-refractivity contribution in [2.75, 3.05) is 39.9 Å². The number of benzene rings is 2. The second-order valence-electron chi connectivity index (χ2n) is 9.99. The highest BCUT2D eigenvalue weighted by atomic mass is 19.1. The van der Waals surface area contributed by atoms with Crippen molar-refractivity contribution < 1.29 is 23.8 Å². The lowest BCUT2D eigenvalue weighted by atomic mass is 9.73. The number of nitrogens with two attached hydrogens (primary N) is 1. The predicted octanol–water partition coefficient (Wildman–Crippen LogP) is 4.49. The van der Waals surface area contributed by atoms with Gasteiger partial charge in [-0.25, -0.2) is 9.18 Å². The van der Waals surface area contributed by atoms with E-state index in [1.54, 1.807) is 25.3 Å². The van der Waals surface area contributed by atoms with Crippen LogP contribution in [0.4, 0.5) is 9.18 Å². The van der Waals surface area contributed by atoms with Gasteiger partial charge in [-0.3, -0.25) is 0 Å². The van der Waals surface area contributed by atoms with Crippen LogP contribution in [0.15, 0.2) is 48.5 Å². The number of amides is 2. The van der Waals surface area contributed by atoms with E-state index in [2.05, 4.69) is 0 Å². The van der Waals surface area contributed by atoms with Crippen molar-refractivity contribution in [1.82, 2.24) is 9.80 Å².